The van der Waals surface area contributed by atoms with Gasteiger partial charge in [0.1, 0.15) is 29.7 Å². The number of likely N-dealkylation sites (N-methyl/N-ethyl adjacent to an activating group) is 1. The van der Waals surface area contributed by atoms with Crippen LogP contribution in [-0.4, -0.2) is 37.0 Å². The Kier molecular flexibility index (Phi) is 7.16. The van der Waals surface area contributed by atoms with Gasteiger partial charge in [-0.2, -0.15) is 0 Å². The Morgan fingerprint density at radius 2 is 1.88 bits per heavy atom. The van der Waals surface area contributed by atoms with E-state index in [1.165, 1.54) is 6.07 Å². The molecule has 0 radical (unpaired) electrons. The summed E-state index contributed by atoms with van der Waals surface area (Å²) in [4.78, 5) is 13.8. The molecule has 0 aliphatic heterocycles. The van der Waals surface area contributed by atoms with E-state index in [-0.39, 0.29) is 6.54 Å². The Labute approximate surface area is 150 Å². The molecule has 2 aromatic carbocycles. The molecule has 0 spiro atoms. The van der Waals surface area contributed by atoms with Gasteiger partial charge in [0.05, 0.1) is 6.54 Å². The first-order valence-electron chi connectivity index (χ1n) is 7.84. The third-order valence-corrected chi connectivity index (χ3v) is 3.75. The molecule has 1 N–H and O–H groups in total. The number of halogens is 3. The van der Waals surface area contributed by atoms with Crippen LogP contribution in [0, 0.1) is 11.6 Å². The highest BCUT2D eigenvalue weighted by molar-refractivity contribution is 6.30. The van der Waals surface area contributed by atoms with Crippen molar-refractivity contribution in [2.45, 2.75) is 6.92 Å². The van der Waals surface area contributed by atoms with Crippen molar-refractivity contribution in [3.05, 3.63) is 59.1 Å². The van der Waals surface area contributed by atoms with Crippen LogP contribution in [0.5, 0.6) is 5.75 Å². The molecule has 0 aromatic heterocycles. The molecule has 0 atom stereocenters. The second kappa shape index (κ2) is 9.34. The van der Waals surface area contributed by atoms with Crippen LogP contribution in [0.25, 0.3) is 0 Å². The van der Waals surface area contributed by atoms with E-state index in [0.29, 0.717) is 30.5 Å². The number of anilines is 1. The summed E-state index contributed by atoms with van der Waals surface area (Å²) in [5.41, 5.74) is -0.432. The zero-order valence-corrected chi connectivity index (χ0v) is 14.5. The monoisotopic (exact) mass is 368 g/mol. The highest BCUT2D eigenvalue weighted by Crippen LogP contribution is 2.18. The van der Waals surface area contributed by atoms with Crippen LogP contribution in [0.4, 0.5) is 14.5 Å². The van der Waals surface area contributed by atoms with Crippen molar-refractivity contribution < 1.29 is 18.3 Å². The van der Waals surface area contributed by atoms with Gasteiger partial charge in [-0.05, 0) is 36.9 Å². The van der Waals surface area contributed by atoms with Gasteiger partial charge >= 0.3 is 0 Å². The Morgan fingerprint density at radius 3 is 2.52 bits per heavy atom. The van der Waals surface area contributed by atoms with Gasteiger partial charge in [0.2, 0.25) is 5.91 Å². The number of carbonyl (C=O) groups excluding carboxylic acids is 1. The predicted molar refractivity (Wildman–Crippen MR) is 94.0 cm³/mol. The molecule has 0 unspecified atom stereocenters. The molecule has 1 amide bonds. The topological polar surface area (TPSA) is 41.6 Å². The molecular formula is C18H19ClF2N2O2. The fourth-order valence-electron chi connectivity index (χ4n) is 2.20. The first-order valence-corrected chi connectivity index (χ1v) is 8.22. The van der Waals surface area contributed by atoms with E-state index in [1.54, 1.807) is 29.2 Å². The number of carbonyl (C=O) groups is 1. The van der Waals surface area contributed by atoms with E-state index >= 15 is 0 Å². The normalized spacial score (nSPS) is 10.8. The maximum atomic E-state index is 13.6. The minimum absolute atomic E-state index is 0.00315. The molecule has 134 valence electrons. The molecule has 0 bridgehead atoms. The SMILES string of the molecule is CCN(CCOc1cccc(Cl)c1)CC(=O)Nc1c(F)cccc1F. The van der Waals surface area contributed by atoms with Gasteiger partial charge < -0.3 is 10.1 Å². The van der Waals surface area contributed by atoms with Gasteiger partial charge in [0.15, 0.2) is 0 Å². The standard InChI is InChI=1S/C18H19ClF2N2O2/c1-2-23(9-10-25-14-6-3-5-13(19)11-14)12-17(24)22-18-15(20)7-4-8-16(18)21/h3-8,11H,2,9-10,12H2,1H3,(H,22,24). The summed E-state index contributed by atoms with van der Waals surface area (Å²) < 4.78 is 32.7. The summed E-state index contributed by atoms with van der Waals surface area (Å²) in [5, 5.41) is 2.85. The lowest BCUT2D eigenvalue weighted by molar-refractivity contribution is -0.117. The van der Waals surface area contributed by atoms with Gasteiger partial charge in [0, 0.05) is 11.6 Å². The van der Waals surface area contributed by atoms with Crippen molar-refractivity contribution in [1.82, 2.24) is 4.90 Å². The first-order chi connectivity index (χ1) is 12.0. The third kappa shape index (κ3) is 5.99. The zero-order valence-electron chi connectivity index (χ0n) is 13.8. The number of para-hydroxylation sites is 1. The quantitative estimate of drug-likeness (QED) is 0.767. The van der Waals surface area contributed by atoms with E-state index in [0.717, 1.165) is 12.1 Å². The average Bonchev–Trinajstić information content (AvgIpc) is 2.57. The second-order valence-electron chi connectivity index (χ2n) is 5.32. The van der Waals surface area contributed by atoms with Crippen molar-refractivity contribution in [2.75, 3.05) is 31.6 Å². The average molecular weight is 369 g/mol. The molecule has 0 aliphatic carbocycles. The van der Waals surface area contributed by atoms with Crippen LogP contribution in [0.2, 0.25) is 5.02 Å². The van der Waals surface area contributed by atoms with E-state index < -0.39 is 23.2 Å². The number of rotatable bonds is 8. The molecular weight excluding hydrogens is 350 g/mol. The second-order valence-corrected chi connectivity index (χ2v) is 5.76. The molecule has 0 aliphatic rings. The molecule has 4 nitrogen and oxygen atoms in total. The van der Waals surface area contributed by atoms with Crippen molar-refractivity contribution in [3.63, 3.8) is 0 Å². The minimum Gasteiger partial charge on any atom is -0.492 e. The van der Waals surface area contributed by atoms with Crippen LogP contribution in [0.3, 0.4) is 0 Å². The molecule has 0 saturated carbocycles. The lowest BCUT2D eigenvalue weighted by Gasteiger charge is -2.20. The number of benzene rings is 2. The van der Waals surface area contributed by atoms with E-state index in [1.807, 2.05) is 6.92 Å². The largest absolute Gasteiger partial charge is 0.492 e. The summed E-state index contributed by atoms with van der Waals surface area (Å²) in [6.45, 7) is 3.32. The van der Waals surface area contributed by atoms with Gasteiger partial charge in [-0.3, -0.25) is 9.69 Å². The summed E-state index contributed by atoms with van der Waals surface area (Å²) >= 11 is 5.88. The van der Waals surface area contributed by atoms with Crippen molar-refractivity contribution in [2.24, 2.45) is 0 Å². The molecule has 2 aromatic rings. The molecule has 7 heteroatoms. The number of hydrogen-bond donors (Lipinski definition) is 1. The number of amides is 1. The molecule has 0 saturated heterocycles. The van der Waals surface area contributed by atoms with E-state index in [4.69, 9.17) is 16.3 Å². The van der Waals surface area contributed by atoms with E-state index in [2.05, 4.69) is 5.32 Å². The summed E-state index contributed by atoms with van der Waals surface area (Å²) in [6, 6.07) is 10.4. The molecule has 0 fully saturated rings. The van der Waals surface area contributed by atoms with Crippen molar-refractivity contribution in [1.29, 1.82) is 0 Å². The fourth-order valence-corrected chi connectivity index (χ4v) is 2.38. The van der Waals surface area contributed by atoms with E-state index in [9.17, 15) is 13.6 Å². The molecule has 0 heterocycles. The molecule has 25 heavy (non-hydrogen) atoms. The van der Waals surface area contributed by atoms with Crippen LogP contribution >= 0.6 is 11.6 Å². The first kappa shape index (κ1) is 19.1. The lowest BCUT2D eigenvalue weighted by Crippen LogP contribution is -2.36. The van der Waals surface area contributed by atoms with Crippen molar-refractivity contribution >= 4 is 23.2 Å². The van der Waals surface area contributed by atoms with Crippen LogP contribution < -0.4 is 10.1 Å². The summed E-state index contributed by atoms with van der Waals surface area (Å²) in [7, 11) is 0. The highest BCUT2D eigenvalue weighted by atomic mass is 35.5. The maximum absolute atomic E-state index is 13.6. The van der Waals surface area contributed by atoms with Crippen LogP contribution in [0.1, 0.15) is 6.92 Å². The number of nitrogens with one attached hydrogen (secondary N) is 1. The van der Waals surface area contributed by atoms with Crippen molar-refractivity contribution in [3.8, 4) is 5.75 Å². The minimum atomic E-state index is -0.805. The maximum Gasteiger partial charge on any atom is 0.238 e. The third-order valence-electron chi connectivity index (χ3n) is 3.51. The Morgan fingerprint density at radius 1 is 1.20 bits per heavy atom. The Hall–Kier alpha value is -2.18. The fraction of sp³-hybridized carbons (Fsp3) is 0.278. The lowest BCUT2D eigenvalue weighted by atomic mass is 10.3. The van der Waals surface area contributed by atoms with Gasteiger partial charge in [0.25, 0.3) is 0 Å². The molecule has 2 rings (SSSR count). The van der Waals surface area contributed by atoms with Gasteiger partial charge in [-0.1, -0.05) is 30.7 Å². The van der Waals surface area contributed by atoms with Gasteiger partial charge in [-0.15, -0.1) is 0 Å². The Balaban J connectivity index is 1.83. The van der Waals surface area contributed by atoms with Gasteiger partial charge in [-0.25, -0.2) is 8.78 Å². The Bertz CT molecular complexity index is 708. The number of hydrogen-bond acceptors (Lipinski definition) is 3. The summed E-state index contributed by atoms with van der Waals surface area (Å²) in [6.07, 6.45) is 0. The number of ether oxygens (including phenoxy) is 1. The predicted octanol–water partition coefficient (Wildman–Crippen LogP) is 3.96. The zero-order chi connectivity index (χ0) is 18.2. The number of nitrogens with zero attached hydrogens (tertiary/aromatic N) is 1. The highest BCUT2D eigenvalue weighted by Gasteiger charge is 2.14. The van der Waals surface area contributed by atoms with Crippen LogP contribution in [0.15, 0.2) is 42.5 Å². The summed E-state index contributed by atoms with van der Waals surface area (Å²) in [5.74, 6) is -1.46. The van der Waals surface area contributed by atoms with Crippen LogP contribution in [-0.2, 0) is 4.79 Å². The smallest absolute Gasteiger partial charge is 0.238 e.